The first kappa shape index (κ1) is 14.9. The zero-order valence-electron chi connectivity index (χ0n) is 12.5. The van der Waals surface area contributed by atoms with Gasteiger partial charge in [-0.05, 0) is 29.1 Å². The second-order valence-electron chi connectivity index (χ2n) is 4.78. The topological polar surface area (TPSA) is 57.3 Å². The van der Waals surface area contributed by atoms with Gasteiger partial charge in [-0.25, -0.2) is 0 Å². The van der Waals surface area contributed by atoms with Crippen LogP contribution in [-0.4, -0.2) is 33.2 Å². The smallest absolute Gasteiger partial charge is 0.204 e. The fourth-order valence-corrected chi connectivity index (χ4v) is 3.08. The van der Waals surface area contributed by atoms with Crippen LogP contribution in [0.5, 0.6) is 17.2 Å². The molecule has 0 aliphatic carbocycles. The predicted molar refractivity (Wildman–Crippen MR) is 82.4 cm³/mol. The zero-order valence-corrected chi connectivity index (χ0v) is 13.3. The van der Waals surface area contributed by atoms with Crippen LogP contribution in [0.4, 0.5) is 0 Å². The minimum atomic E-state index is -0.443. The number of Topliss-reactive ketones (excluding diaryl/α,β-unsaturated/α-hetero) is 1. The molecule has 0 radical (unpaired) electrons. The number of thiophene rings is 1. The summed E-state index contributed by atoms with van der Waals surface area (Å²) in [4.78, 5) is 13.0. The minimum Gasteiger partial charge on any atom is -0.493 e. The molecule has 1 saturated heterocycles. The van der Waals surface area contributed by atoms with Gasteiger partial charge in [0.2, 0.25) is 11.5 Å². The van der Waals surface area contributed by atoms with E-state index in [9.17, 15) is 4.79 Å². The second kappa shape index (κ2) is 5.98. The van der Waals surface area contributed by atoms with Gasteiger partial charge in [0.25, 0.3) is 0 Å². The van der Waals surface area contributed by atoms with E-state index in [1.165, 1.54) is 11.3 Å². The average molecular weight is 320 g/mol. The largest absolute Gasteiger partial charge is 0.493 e. The van der Waals surface area contributed by atoms with Gasteiger partial charge in [0.05, 0.1) is 26.2 Å². The van der Waals surface area contributed by atoms with Crippen LogP contribution in [0.15, 0.2) is 29.6 Å². The molecule has 2 atom stereocenters. The number of carbonyl (C=O) groups excluding carboxylic acids is 1. The Morgan fingerprint density at radius 2 is 1.82 bits per heavy atom. The molecule has 3 rings (SSSR count). The van der Waals surface area contributed by atoms with E-state index in [-0.39, 0.29) is 11.9 Å². The van der Waals surface area contributed by atoms with Gasteiger partial charge >= 0.3 is 0 Å². The lowest BCUT2D eigenvalue weighted by Gasteiger charge is -2.13. The van der Waals surface area contributed by atoms with E-state index in [1.54, 1.807) is 27.4 Å². The highest BCUT2D eigenvalue weighted by molar-refractivity contribution is 7.12. The van der Waals surface area contributed by atoms with Crippen LogP contribution in [0.2, 0.25) is 0 Å². The second-order valence-corrected chi connectivity index (χ2v) is 5.73. The van der Waals surface area contributed by atoms with Gasteiger partial charge in [0, 0.05) is 0 Å². The molecule has 2 heterocycles. The quantitative estimate of drug-likeness (QED) is 0.605. The Hall–Kier alpha value is -2.05. The Bertz CT molecular complexity index is 655. The van der Waals surface area contributed by atoms with Gasteiger partial charge in [0.1, 0.15) is 6.10 Å². The Morgan fingerprint density at radius 1 is 1.14 bits per heavy atom. The summed E-state index contributed by atoms with van der Waals surface area (Å²) in [5, 5.41) is 1.88. The molecule has 1 fully saturated rings. The predicted octanol–water partition coefficient (Wildman–Crippen LogP) is 3.10. The number of hydrogen-bond donors (Lipinski definition) is 0. The van der Waals surface area contributed by atoms with Crippen molar-refractivity contribution < 1.29 is 23.7 Å². The van der Waals surface area contributed by atoms with Crippen LogP contribution in [0, 0.1) is 0 Å². The lowest BCUT2D eigenvalue weighted by atomic mass is 10.1. The summed E-state index contributed by atoms with van der Waals surface area (Å²) in [6, 6.07) is 7.29. The van der Waals surface area contributed by atoms with Crippen LogP contribution in [0.25, 0.3) is 0 Å². The number of carbonyl (C=O) groups is 1. The lowest BCUT2D eigenvalue weighted by molar-refractivity contribution is 0.0957. The summed E-state index contributed by atoms with van der Waals surface area (Å²) in [5.74, 6) is 1.63. The summed E-state index contributed by atoms with van der Waals surface area (Å²) >= 11 is 1.42. The molecule has 22 heavy (non-hydrogen) atoms. The maximum Gasteiger partial charge on any atom is 0.204 e. The maximum absolute atomic E-state index is 12.3. The molecule has 2 unspecified atom stereocenters. The molecule has 1 aromatic carbocycles. The van der Waals surface area contributed by atoms with Crippen LogP contribution in [-0.2, 0) is 4.74 Å². The molecule has 6 heteroatoms. The van der Waals surface area contributed by atoms with Crippen LogP contribution in [0.3, 0.4) is 0 Å². The molecule has 1 aliphatic heterocycles. The van der Waals surface area contributed by atoms with Gasteiger partial charge in [-0.15, -0.1) is 11.3 Å². The first-order valence-electron chi connectivity index (χ1n) is 6.72. The Labute approximate surface area is 132 Å². The molecule has 0 saturated carbocycles. The van der Waals surface area contributed by atoms with E-state index >= 15 is 0 Å². The summed E-state index contributed by atoms with van der Waals surface area (Å²) in [6.45, 7) is 0. The van der Waals surface area contributed by atoms with Crippen molar-refractivity contribution in [2.24, 2.45) is 0 Å². The summed E-state index contributed by atoms with van der Waals surface area (Å²) in [5.41, 5.74) is 0.837. The van der Waals surface area contributed by atoms with Crippen molar-refractivity contribution in [2.75, 3.05) is 21.3 Å². The van der Waals surface area contributed by atoms with E-state index in [1.807, 2.05) is 23.6 Å². The number of benzene rings is 1. The molecule has 0 N–H and O–H groups in total. The van der Waals surface area contributed by atoms with Crippen molar-refractivity contribution in [3.63, 3.8) is 0 Å². The number of hydrogen-bond acceptors (Lipinski definition) is 6. The van der Waals surface area contributed by atoms with Crippen molar-refractivity contribution in [2.45, 2.75) is 12.2 Å². The molecule has 0 bridgehead atoms. The molecular weight excluding hydrogens is 304 g/mol. The van der Waals surface area contributed by atoms with Gasteiger partial charge < -0.3 is 18.9 Å². The van der Waals surface area contributed by atoms with E-state index in [0.717, 1.165) is 5.56 Å². The SMILES string of the molecule is COc1cc(C2OC2C(=O)c2cccs2)cc(OC)c1OC. The molecular formula is C16H16O5S. The normalized spacial score (nSPS) is 19.6. The van der Waals surface area contributed by atoms with Crippen LogP contribution in [0.1, 0.15) is 21.3 Å². The number of methoxy groups -OCH3 is 3. The molecule has 0 amide bonds. The average Bonchev–Trinajstić information content (AvgIpc) is 3.17. The molecule has 1 aliphatic rings. The van der Waals surface area contributed by atoms with Gasteiger partial charge in [0.15, 0.2) is 17.6 Å². The summed E-state index contributed by atoms with van der Waals surface area (Å²) in [6.07, 6.45) is -0.718. The fourth-order valence-electron chi connectivity index (χ4n) is 2.39. The molecule has 2 aromatic rings. The van der Waals surface area contributed by atoms with Gasteiger partial charge in [-0.3, -0.25) is 4.79 Å². The first-order valence-corrected chi connectivity index (χ1v) is 7.60. The molecule has 5 nitrogen and oxygen atoms in total. The monoisotopic (exact) mass is 320 g/mol. The van der Waals surface area contributed by atoms with Gasteiger partial charge in [-0.2, -0.15) is 0 Å². The van der Waals surface area contributed by atoms with Crippen molar-refractivity contribution in [3.05, 3.63) is 40.1 Å². The standard InChI is InChI=1S/C16H16O5S/c1-18-10-7-9(8-11(19-2)15(10)20-3)14-16(21-14)13(17)12-5-4-6-22-12/h4-8,14,16H,1-3H3. The van der Waals surface area contributed by atoms with Crippen molar-refractivity contribution in [1.29, 1.82) is 0 Å². The number of rotatable bonds is 6. The Morgan fingerprint density at radius 3 is 2.32 bits per heavy atom. The third kappa shape index (κ3) is 2.55. The Kier molecular flexibility index (Phi) is 4.04. The molecule has 0 spiro atoms. The molecule has 116 valence electrons. The minimum absolute atomic E-state index is 0.00810. The van der Waals surface area contributed by atoms with E-state index in [4.69, 9.17) is 18.9 Å². The fraction of sp³-hybridized carbons (Fsp3) is 0.312. The van der Waals surface area contributed by atoms with Crippen molar-refractivity contribution in [3.8, 4) is 17.2 Å². The van der Waals surface area contributed by atoms with Crippen LogP contribution >= 0.6 is 11.3 Å². The summed E-state index contributed by atoms with van der Waals surface area (Å²) < 4.78 is 21.5. The lowest BCUT2D eigenvalue weighted by Crippen LogP contribution is -2.06. The third-order valence-electron chi connectivity index (χ3n) is 3.53. The highest BCUT2D eigenvalue weighted by Crippen LogP contribution is 2.47. The number of ketones is 1. The molecule has 1 aromatic heterocycles. The highest BCUT2D eigenvalue weighted by atomic mass is 32.1. The van der Waals surface area contributed by atoms with Crippen molar-refractivity contribution in [1.82, 2.24) is 0 Å². The van der Waals surface area contributed by atoms with Crippen molar-refractivity contribution >= 4 is 17.1 Å². The number of epoxide rings is 1. The van der Waals surface area contributed by atoms with E-state index in [2.05, 4.69) is 0 Å². The first-order chi connectivity index (χ1) is 10.7. The summed E-state index contributed by atoms with van der Waals surface area (Å²) in [7, 11) is 4.67. The highest BCUT2D eigenvalue weighted by Gasteiger charge is 2.47. The Balaban J connectivity index is 1.86. The van der Waals surface area contributed by atoms with Gasteiger partial charge in [-0.1, -0.05) is 6.07 Å². The third-order valence-corrected chi connectivity index (χ3v) is 4.41. The van der Waals surface area contributed by atoms with Crippen LogP contribution < -0.4 is 14.2 Å². The zero-order chi connectivity index (χ0) is 15.7. The maximum atomic E-state index is 12.3. The number of ether oxygens (including phenoxy) is 4. The van der Waals surface area contributed by atoms with E-state index < -0.39 is 6.10 Å². The van der Waals surface area contributed by atoms with E-state index in [0.29, 0.717) is 22.1 Å².